The normalized spacial score (nSPS) is 18.2. The number of nitrogens with zero attached hydrogens (tertiary/aromatic N) is 4. The Bertz CT molecular complexity index is 793. The molecule has 7 heteroatoms. The lowest BCUT2D eigenvalue weighted by atomic mass is 10.1. The van der Waals surface area contributed by atoms with E-state index in [1.54, 1.807) is 24.4 Å². The highest BCUT2D eigenvalue weighted by atomic mass is 19.1. The highest BCUT2D eigenvalue weighted by Crippen LogP contribution is 2.26. The van der Waals surface area contributed by atoms with Crippen molar-refractivity contribution >= 4 is 11.9 Å². The topological polar surface area (TPSA) is 58.6 Å². The van der Waals surface area contributed by atoms with Gasteiger partial charge < -0.3 is 14.5 Å². The van der Waals surface area contributed by atoms with Crippen molar-refractivity contribution in [2.75, 3.05) is 31.1 Å². The van der Waals surface area contributed by atoms with Gasteiger partial charge in [-0.1, -0.05) is 12.8 Å². The van der Waals surface area contributed by atoms with Crippen molar-refractivity contribution in [3.05, 3.63) is 42.3 Å². The number of benzene rings is 1. The molecular weight excluding hydrogens is 347 g/mol. The molecule has 1 saturated carbocycles. The highest BCUT2D eigenvalue weighted by Gasteiger charge is 2.28. The molecule has 4 rings (SSSR count). The largest absolute Gasteiger partial charge is 0.439 e. The van der Waals surface area contributed by atoms with E-state index in [1.165, 1.54) is 37.8 Å². The van der Waals surface area contributed by atoms with Gasteiger partial charge in [0.25, 0.3) is 0 Å². The molecule has 1 aliphatic carbocycles. The van der Waals surface area contributed by atoms with Gasteiger partial charge in [0.05, 0.1) is 6.54 Å². The molecule has 2 heterocycles. The van der Waals surface area contributed by atoms with Crippen molar-refractivity contribution in [2.24, 2.45) is 5.92 Å². The molecule has 1 amide bonds. The van der Waals surface area contributed by atoms with Crippen LogP contribution in [0.2, 0.25) is 0 Å². The third-order valence-corrected chi connectivity index (χ3v) is 5.21. The standard InChI is InChI=1S/C20H23FN4O2/c21-16-5-7-17(8-6-16)27-18-9-10-22-20(23-18)25-12-11-24(19(26)14-25)13-15-3-1-2-4-15/h5-10,15H,1-4,11-14H2. The van der Waals surface area contributed by atoms with Gasteiger partial charge in [-0.25, -0.2) is 9.37 Å². The van der Waals surface area contributed by atoms with Crippen LogP contribution in [0, 0.1) is 11.7 Å². The lowest BCUT2D eigenvalue weighted by Crippen LogP contribution is -2.52. The number of piperazine rings is 1. The number of halogens is 1. The first-order valence-corrected chi connectivity index (χ1v) is 9.46. The highest BCUT2D eigenvalue weighted by molar-refractivity contribution is 5.82. The quantitative estimate of drug-likeness (QED) is 0.809. The molecule has 2 aromatic rings. The molecule has 0 bridgehead atoms. The lowest BCUT2D eigenvalue weighted by molar-refractivity contribution is -0.131. The second-order valence-corrected chi connectivity index (χ2v) is 7.16. The monoisotopic (exact) mass is 370 g/mol. The Labute approximate surface area is 158 Å². The van der Waals surface area contributed by atoms with Crippen molar-refractivity contribution in [3.63, 3.8) is 0 Å². The van der Waals surface area contributed by atoms with Crippen molar-refractivity contribution in [1.82, 2.24) is 14.9 Å². The molecule has 2 aliphatic rings. The van der Waals surface area contributed by atoms with Crippen LogP contribution in [0.3, 0.4) is 0 Å². The minimum absolute atomic E-state index is 0.126. The summed E-state index contributed by atoms with van der Waals surface area (Å²) in [5.74, 6) is 1.81. The van der Waals surface area contributed by atoms with Crippen LogP contribution in [-0.4, -0.2) is 47.0 Å². The fourth-order valence-corrected chi connectivity index (χ4v) is 3.74. The molecule has 27 heavy (non-hydrogen) atoms. The number of aromatic nitrogens is 2. The molecule has 1 aromatic heterocycles. The maximum Gasteiger partial charge on any atom is 0.242 e. The summed E-state index contributed by atoms with van der Waals surface area (Å²) < 4.78 is 18.7. The van der Waals surface area contributed by atoms with Gasteiger partial charge in [0.2, 0.25) is 17.7 Å². The maximum absolute atomic E-state index is 13.0. The second-order valence-electron chi connectivity index (χ2n) is 7.16. The summed E-state index contributed by atoms with van der Waals surface area (Å²) in [4.78, 5) is 25.1. The van der Waals surface area contributed by atoms with Crippen LogP contribution in [0.1, 0.15) is 25.7 Å². The second kappa shape index (κ2) is 7.90. The van der Waals surface area contributed by atoms with Crippen LogP contribution in [0.4, 0.5) is 10.3 Å². The lowest BCUT2D eigenvalue weighted by Gasteiger charge is -2.35. The van der Waals surface area contributed by atoms with Gasteiger partial charge in [0.15, 0.2) is 0 Å². The van der Waals surface area contributed by atoms with Gasteiger partial charge in [-0.2, -0.15) is 4.98 Å². The van der Waals surface area contributed by atoms with Gasteiger partial charge in [-0.3, -0.25) is 4.79 Å². The van der Waals surface area contributed by atoms with Gasteiger partial charge in [-0.15, -0.1) is 0 Å². The summed E-state index contributed by atoms with van der Waals surface area (Å²) >= 11 is 0. The van der Waals surface area contributed by atoms with E-state index in [9.17, 15) is 9.18 Å². The predicted octanol–water partition coefficient (Wildman–Crippen LogP) is 3.25. The summed E-state index contributed by atoms with van der Waals surface area (Å²) in [7, 11) is 0. The van der Waals surface area contributed by atoms with Gasteiger partial charge in [-0.05, 0) is 43.0 Å². The van der Waals surface area contributed by atoms with Gasteiger partial charge >= 0.3 is 0 Å². The molecule has 0 spiro atoms. The fraction of sp³-hybridized carbons (Fsp3) is 0.450. The number of carbonyl (C=O) groups excluding carboxylic acids is 1. The zero-order valence-electron chi connectivity index (χ0n) is 15.2. The van der Waals surface area contributed by atoms with Crippen LogP contribution in [-0.2, 0) is 4.79 Å². The summed E-state index contributed by atoms with van der Waals surface area (Å²) in [5.41, 5.74) is 0. The zero-order valence-corrected chi connectivity index (χ0v) is 15.2. The summed E-state index contributed by atoms with van der Waals surface area (Å²) in [6, 6.07) is 7.40. The summed E-state index contributed by atoms with van der Waals surface area (Å²) in [5, 5.41) is 0. The van der Waals surface area contributed by atoms with E-state index in [-0.39, 0.29) is 18.3 Å². The number of carbonyl (C=O) groups is 1. The molecule has 0 atom stereocenters. The van der Waals surface area contributed by atoms with Crippen molar-refractivity contribution < 1.29 is 13.9 Å². The van der Waals surface area contributed by atoms with Crippen molar-refractivity contribution in [3.8, 4) is 11.6 Å². The van der Waals surface area contributed by atoms with Crippen LogP contribution in [0.5, 0.6) is 11.6 Å². The number of amides is 1. The molecule has 0 radical (unpaired) electrons. The maximum atomic E-state index is 13.0. The average molecular weight is 370 g/mol. The molecular formula is C20H23FN4O2. The average Bonchev–Trinajstić information content (AvgIpc) is 3.19. The van der Waals surface area contributed by atoms with E-state index in [0.717, 1.165) is 6.54 Å². The first kappa shape index (κ1) is 17.7. The molecule has 1 aliphatic heterocycles. The third-order valence-electron chi connectivity index (χ3n) is 5.21. The Hall–Kier alpha value is -2.70. The van der Waals surface area contributed by atoms with E-state index < -0.39 is 0 Å². The number of hydrogen-bond donors (Lipinski definition) is 0. The Kier molecular flexibility index (Phi) is 5.18. The zero-order chi connectivity index (χ0) is 18.6. The predicted molar refractivity (Wildman–Crippen MR) is 99.3 cm³/mol. The SMILES string of the molecule is O=C1CN(c2nccc(Oc3ccc(F)cc3)n2)CCN1CC1CCCC1. The van der Waals surface area contributed by atoms with E-state index in [0.29, 0.717) is 36.6 Å². The van der Waals surface area contributed by atoms with E-state index in [1.807, 2.05) is 9.80 Å². The molecule has 142 valence electrons. The Balaban J connectivity index is 1.39. The number of anilines is 1. The molecule has 6 nitrogen and oxygen atoms in total. The third kappa shape index (κ3) is 4.35. The van der Waals surface area contributed by atoms with Crippen LogP contribution >= 0.6 is 0 Å². The van der Waals surface area contributed by atoms with Crippen molar-refractivity contribution in [1.29, 1.82) is 0 Å². The van der Waals surface area contributed by atoms with Gasteiger partial charge in [0.1, 0.15) is 11.6 Å². The summed E-state index contributed by atoms with van der Waals surface area (Å²) in [6.07, 6.45) is 6.65. The first-order valence-electron chi connectivity index (χ1n) is 9.46. The van der Waals surface area contributed by atoms with E-state index in [2.05, 4.69) is 9.97 Å². The smallest absolute Gasteiger partial charge is 0.242 e. The Morgan fingerprint density at radius 1 is 1.11 bits per heavy atom. The van der Waals surface area contributed by atoms with Crippen molar-refractivity contribution in [2.45, 2.75) is 25.7 Å². The molecule has 1 saturated heterocycles. The van der Waals surface area contributed by atoms with Crippen LogP contribution in [0.25, 0.3) is 0 Å². The summed E-state index contributed by atoms with van der Waals surface area (Å²) in [6.45, 7) is 2.56. The van der Waals surface area contributed by atoms with E-state index in [4.69, 9.17) is 4.74 Å². The van der Waals surface area contributed by atoms with Gasteiger partial charge in [0, 0.05) is 31.9 Å². The van der Waals surface area contributed by atoms with Crippen LogP contribution in [0.15, 0.2) is 36.5 Å². The first-order chi connectivity index (χ1) is 13.2. The molecule has 2 fully saturated rings. The Morgan fingerprint density at radius 2 is 1.89 bits per heavy atom. The minimum Gasteiger partial charge on any atom is -0.439 e. The number of ether oxygens (including phenoxy) is 1. The molecule has 0 unspecified atom stereocenters. The fourth-order valence-electron chi connectivity index (χ4n) is 3.74. The molecule has 1 aromatic carbocycles. The minimum atomic E-state index is -0.320. The Morgan fingerprint density at radius 3 is 2.63 bits per heavy atom. The van der Waals surface area contributed by atoms with Crippen LogP contribution < -0.4 is 9.64 Å². The van der Waals surface area contributed by atoms with E-state index >= 15 is 0 Å². The number of rotatable bonds is 5. The molecule has 0 N–H and O–H groups in total. The number of hydrogen-bond acceptors (Lipinski definition) is 5.